The van der Waals surface area contributed by atoms with Crippen molar-refractivity contribution in [2.24, 2.45) is 0 Å². The quantitative estimate of drug-likeness (QED) is 0.373. The average molecular weight is 617 g/mol. The molecule has 2 N–H and O–H groups in total. The van der Waals surface area contributed by atoms with Gasteiger partial charge in [-0.05, 0) is 42.8 Å². The van der Waals surface area contributed by atoms with E-state index in [0.717, 1.165) is 49.6 Å². The molecule has 4 rings (SSSR count). The molecule has 0 aliphatic carbocycles. The summed E-state index contributed by atoms with van der Waals surface area (Å²) < 4.78 is 105. The average Bonchev–Trinajstić information content (AvgIpc) is 3.22. The Hall–Kier alpha value is -4.60. The van der Waals surface area contributed by atoms with Crippen molar-refractivity contribution in [1.82, 2.24) is 9.88 Å². The number of amides is 2. The molecule has 0 bridgehead atoms. The van der Waals surface area contributed by atoms with E-state index in [2.05, 4.69) is 10.1 Å². The van der Waals surface area contributed by atoms with E-state index >= 15 is 8.78 Å². The van der Waals surface area contributed by atoms with Crippen LogP contribution in [0.25, 0.3) is 0 Å². The second kappa shape index (κ2) is 11.6. The zero-order valence-corrected chi connectivity index (χ0v) is 22.2. The predicted molar refractivity (Wildman–Crippen MR) is 135 cm³/mol. The molecule has 1 aliphatic rings. The van der Waals surface area contributed by atoms with Gasteiger partial charge in [-0.2, -0.15) is 8.78 Å². The van der Waals surface area contributed by atoms with Crippen molar-refractivity contribution < 1.29 is 54.9 Å². The van der Waals surface area contributed by atoms with Crippen LogP contribution >= 0.6 is 0 Å². The van der Waals surface area contributed by atoms with Gasteiger partial charge in [-0.1, -0.05) is 0 Å². The minimum absolute atomic E-state index is 0.0185. The van der Waals surface area contributed by atoms with Gasteiger partial charge in [0.2, 0.25) is 5.91 Å². The van der Waals surface area contributed by atoms with Gasteiger partial charge in [0.25, 0.3) is 11.5 Å². The molecule has 1 fully saturated rings. The number of hydrogen-bond donors (Lipinski definition) is 2. The largest absolute Gasteiger partial charge is 0.573 e. The Bertz CT molecular complexity index is 1590. The van der Waals surface area contributed by atoms with Crippen LogP contribution in [0.4, 0.5) is 36.4 Å². The number of aliphatic hydroxyl groups is 1. The summed E-state index contributed by atoms with van der Waals surface area (Å²) in [4.78, 5) is 40.5. The summed E-state index contributed by atoms with van der Waals surface area (Å²) in [6, 6.07) is 0.368. The number of aromatic nitrogens is 1. The third-order valence-electron chi connectivity index (χ3n) is 6.69. The summed E-state index contributed by atoms with van der Waals surface area (Å²) >= 11 is 0. The third kappa shape index (κ3) is 6.28. The zero-order chi connectivity index (χ0) is 31.9. The number of aliphatic hydroxyl groups excluding tert-OH is 1. The van der Waals surface area contributed by atoms with Crippen molar-refractivity contribution in [1.29, 1.82) is 0 Å². The number of hydrogen-bond acceptors (Lipinski definition) is 6. The van der Waals surface area contributed by atoms with Gasteiger partial charge in [-0.3, -0.25) is 19.0 Å². The zero-order valence-electron chi connectivity index (χ0n) is 22.2. The fraction of sp³-hybridized carbons (Fsp3) is 0.296. The van der Waals surface area contributed by atoms with Gasteiger partial charge in [-0.25, -0.2) is 8.78 Å². The molecule has 9 nitrogen and oxygen atoms in total. The number of aryl methyl sites for hydroxylation is 1. The minimum Gasteiger partial charge on any atom is -0.497 e. The number of benzene rings is 2. The van der Waals surface area contributed by atoms with Gasteiger partial charge in [0, 0.05) is 41.9 Å². The summed E-state index contributed by atoms with van der Waals surface area (Å²) in [5, 5.41) is 11.4. The van der Waals surface area contributed by atoms with Crippen LogP contribution in [-0.4, -0.2) is 54.2 Å². The first-order valence-electron chi connectivity index (χ1n) is 12.3. The van der Waals surface area contributed by atoms with Gasteiger partial charge >= 0.3 is 12.4 Å². The van der Waals surface area contributed by atoms with E-state index in [1.54, 1.807) is 0 Å². The van der Waals surface area contributed by atoms with Gasteiger partial charge in [0.1, 0.15) is 41.5 Å². The number of ether oxygens (including phenoxy) is 2. The highest BCUT2D eigenvalue weighted by molar-refractivity contribution is 6.05. The molecule has 1 saturated heterocycles. The van der Waals surface area contributed by atoms with E-state index in [0.29, 0.717) is 11.1 Å². The number of anilines is 1. The Morgan fingerprint density at radius 1 is 1.02 bits per heavy atom. The lowest BCUT2D eigenvalue weighted by atomic mass is 9.92. The van der Waals surface area contributed by atoms with Crippen LogP contribution < -0.4 is 25.2 Å². The van der Waals surface area contributed by atoms with Gasteiger partial charge < -0.3 is 24.8 Å². The van der Waals surface area contributed by atoms with Crippen LogP contribution in [0.2, 0.25) is 0 Å². The molecule has 2 aromatic carbocycles. The summed E-state index contributed by atoms with van der Waals surface area (Å²) in [7, 11) is 1.15. The molecule has 0 saturated carbocycles. The van der Waals surface area contributed by atoms with E-state index in [-0.39, 0.29) is 21.4 Å². The molecule has 43 heavy (non-hydrogen) atoms. The van der Waals surface area contributed by atoms with Crippen molar-refractivity contribution in [3.05, 3.63) is 87.3 Å². The Labute approximate surface area is 238 Å². The first-order valence-corrected chi connectivity index (χ1v) is 12.3. The van der Waals surface area contributed by atoms with Gasteiger partial charge in [0.05, 0.1) is 7.11 Å². The Kier molecular flexibility index (Phi) is 8.44. The molecule has 1 aliphatic heterocycles. The monoisotopic (exact) mass is 617 g/mol. The third-order valence-corrected chi connectivity index (χ3v) is 6.69. The van der Waals surface area contributed by atoms with E-state index < -0.39 is 83.5 Å². The maximum atomic E-state index is 15.2. The van der Waals surface area contributed by atoms with Crippen molar-refractivity contribution in [3.8, 4) is 11.5 Å². The number of nitrogens with one attached hydrogen (secondary N) is 1. The lowest BCUT2D eigenvalue weighted by Crippen LogP contribution is -2.45. The summed E-state index contributed by atoms with van der Waals surface area (Å²) in [6.45, 7) is -1.10. The topological polar surface area (TPSA) is 110 Å². The van der Waals surface area contributed by atoms with E-state index in [9.17, 15) is 36.3 Å². The molecule has 16 heteroatoms. The van der Waals surface area contributed by atoms with Crippen LogP contribution in [0.15, 0.2) is 53.5 Å². The van der Waals surface area contributed by atoms with Crippen molar-refractivity contribution in [3.63, 3.8) is 0 Å². The van der Waals surface area contributed by atoms with Crippen molar-refractivity contribution in [2.75, 3.05) is 25.2 Å². The van der Waals surface area contributed by atoms with Crippen molar-refractivity contribution >= 4 is 17.5 Å². The van der Waals surface area contributed by atoms with E-state index in [4.69, 9.17) is 9.84 Å². The molecular weight excluding hydrogens is 595 g/mol. The fourth-order valence-corrected chi connectivity index (χ4v) is 4.70. The first-order chi connectivity index (χ1) is 20.1. The fourth-order valence-electron chi connectivity index (χ4n) is 4.70. The van der Waals surface area contributed by atoms with Crippen LogP contribution in [0.5, 0.6) is 11.5 Å². The van der Waals surface area contributed by atoms with Crippen LogP contribution in [0, 0.1) is 18.6 Å². The summed E-state index contributed by atoms with van der Waals surface area (Å²) in [5.41, 5.74) is -2.94. The maximum absolute atomic E-state index is 15.2. The molecule has 0 spiro atoms. The molecule has 3 aromatic rings. The van der Waals surface area contributed by atoms with E-state index in [1.165, 1.54) is 6.92 Å². The predicted octanol–water partition coefficient (Wildman–Crippen LogP) is 3.81. The normalized spacial score (nSPS) is 17.3. The Morgan fingerprint density at radius 2 is 1.63 bits per heavy atom. The Balaban J connectivity index is 1.77. The Morgan fingerprint density at radius 3 is 2.16 bits per heavy atom. The second-order valence-electron chi connectivity index (χ2n) is 9.43. The number of halogens is 7. The SMILES string of the molecule is COc1cc(F)c([C@@H]2CN(c3c(C)ccn(C(F)(F)CO)c3=O)C(=O)[C@H]2NC(=O)c2ccc(OC(F)(F)F)cc2)c(F)c1. The highest BCUT2D eigenvalue weighted by atomic mass is 19.4. The minimum atomic E-state index is -5.00. The van der Waals surface area contributed by atoms with E-state index in [1.807, 2.05) is 0 Å². The molecule has 0 radical (unpaired) electrons. The number of rotatable bonds is 8. The summed E-state index contributed by atoms with van der Waals surface area (Å²) in [6.07, 6.45) is -4.30. The molecular formula is C27H22F7N3O6. The highest BCUT2D eigenvalue weighted by Gasteiger charge is 2.47. The maximum Gasteiger partial charge on any atom is 0.573 e. The second-order valence-corrected chi connectivity index (χ2v) is 9.43. The summed E-state index contributed by atoms with van der Waals surface area (Å²) in [5.74, 6) is -6.90. The van der Waals surface area contributed by atoms with Crippen LogP contribution in [-0.2, 0) is 10.8 Å². The van der Waals surface area contributed by atoms with Gasteiger partial charge in [-0.15, -0.1) is 13.2 Å². The van der Waals surface area contributed by atoms with Crippen LogP contribution in [0.1, 0.15) is 27.4 Å². The molecule has 2 heterocycles. The lowest BCUT2D eigenvalue weighted by Gasteiger charge is -2.23. The number of carbonyl (C=O) groups excluding carboxylic acids is 2. The standard InChI is InChI=1S/C27H22F7N3O6/c1-13-7-8-37(26(30,31)12-38)25(41)22(13)36-11-17(20-18(28)9-16(42-2)10-19(20)29)21(24(36)40)35-23(39)14-3-5-15(6-4-14)43-27(32,33)34/h3-10,17,21,38H,11-12H2,1-2H3,(H,35,39)/t17-,21-/m0/s1. The molecule has 2 atom stereocenters. The molecule has 0 unspecified atom stereocenters. The molecule has 230 valence electrons. The molecule has 1 aromatic heterocycles. The number of carbonyl (C=O) groups is 2. The number of methoxy groups -OCH3 is 1. The first kappa shape index (κ1) is 31.3. The van der Waals surface area contributed by atoms with Gasteiger partial charge in [0.15, 0.2) is 0 Å². The van der Waals surface area contributed by atoms with Crippen LogP contribution in [0.3, 0.4) is 0 Å². The highest BCUT2D eigenvalue weighted by Crippen LogP contribution is 2.37. The van der Waals surface area contributed by atoms with Crippen molar-refractivity contribution in [2.45, 2.75) is 31.3 Å². The lowest BCUT2D eigenvalue weighted by molar-refractivity contribution is -0.274. The smallest absolute Gasteiger partial charge is 0.497 e. The number of alkyl halides is 5. The number of pyridine rings is 1. The number of nitrogens with zero attached hydrogens (tertiary/aromatic N) is 2. The molecule has 2 amide bonds.